The lowest BCUT2D eigenvalue weighted by Crippen LogP contribution is -3.13. The fourth-order valence-corrected chi connectivity index (χ4v) is 4.84. The van der Waals surface area contributed by atoms with Gasteiger partial charge in [-0.1, -0.05) is 103 Å². The Morgan fingerprint density at radius 1 is 0.615 bits per heavy atom. The molecular formula is C24H49NO. The predicted molar refractivity (Wildman–Crippen MR) is 116 cm³/mol. The molecule has 2 nitrogen and oxygen atoms in total. The predicted octanol–water partition coefficient (Wildman–Crippen LogP) is 6.96. The third kappa shape index (κ3) is 10.9. The second-order valence-electron chi connectivity index (χ2n) is 9.10. The molecule has 1 aliphatic carbocycles. The molecule has 156 valence electrons. The van der Waals surface area contributed by atoms with Gasteiger partial charge in [-0.15, -0.1) is 0 Å². The van der Waals surface area contributed by atoms with Gasteiger partial charge in [0.2, 0.25) is 0 Å². The van der Waals surface area contributed by atoms with Crippen molar-refractivity contribution in [2.75, 3.05) is 7.05 Å². The first-order valence-corrected chi connectivity index (χ1v) is 12.2. The maximum Gasteiger partial charge on any atom is 0.0971 e. The van der Waals surface area contributed by atoms with Gasteiger partial charge in [-0.3, -0.25) is 0 Å². The summed E-state index contributed by atoms with van der Waals surface area (Å²) in [7, 11) is 1.84. The van der Waals surface area contributed by atoms with Gasteiger partial charge in [0.15, 0.2) is 0 Å². The summed E-state index contributed by atoms with van der Waals surface area (Å²) in [5.41, 5.74) is 0.0782. The van der Waals surface area contributed by atoms with Crippen LogP contribution in [0.4, 0.5) is 0 Å². The Balaban J connectivity index is 1.84. The minimum absolute atomic E-state index is 0.0782. The lowest BCUT2D eigenvalue weighted by Gasteiger charge is -2.44. The zero-order valence-corrected chi connectivity index (χ0v) is 18.3. The zero-order chi connectivity index (χ0) is 18.9. The molecule has 0 aromatic heterocycles. The normalized spacial score (nSPS) is 18.1. The van der Waals surface area contributed by atoms with Gasteiger partial charge < -0.3 is 10.3 Å². The Kier molecular flexibility index (Phi) is 14.7. The Hall–Kier alpha value is -0.0800. The Bertz CT molecular complexity index is 297. The lowest BCUT2D eigenvalue weighted by atomic mass is 9.78. The molecule has 0 spiro atoms. The second kappa shape index (κ2) is 15.9. The summed E-state index contributed by atoms with van der Waals surface area (Å²) < 4.78 is 0. The van der Waals surface area contributed by atoms with Crippen molar-refractivity contribution < 1.29 is 5.06 Å². The number of rotatable bonds is 17. The van der Waals surface area contributed by atoms with Crippen LogP contribution in [0.25, 0.3) is 0 Å². The number of unbranched alkanes of at least 4 members (excludes halogenated alkanes) is 14. The molecule has 0 aromatic carbocycles. The van der Waals surface area contributed by atoms with Gasteiger partial charge in [0, 0.05) is 19.3 Å². The molecule has 1 atom stereocenters. The molecule has 1 saturated carbocycles. The van der Waals surface area contributed by atoms with Crippen LogP contribution in [0.3, 0.4) is 0 Å². The number of hydrogen-bond donors (Lipinski definition) is 1. The van der Waals surface area contributed by atoms with Crippen LogP contribution in [-0.4, -0.2) is 12.6 Å². The van der Waals surface area contributed by atoms with Crippen molar-refractivity contribution in [3.63, 3.8) is 0 Å². The first-order chi connectivity index (χ1) is 12.7. The van der Waals surface area contributed by atoms with Gasteiger partial charge in [0.05, 0.1) is 12.6 Å². The largest absolute Gasteiger partial charge is 0.634 e. The van der Waals surface area contributed by atoms with Crippen molar-refractivity contribution in [3.8, 4) is 0 Å². The third-order valence-corrected chi connectivity index (χ3v) is 6.82. The van der Waals surface area contributed by atoms with Crippen LogP contribution in [-0.2, 0) is 0 Å². The lowest BCUT2D eigenvalue weighted by molar-refractivity contribution is -0.888. The minimum Gasteiger partial charge on any atom is -0.634 e. The van der Waals surface area contributed by atoms with E-state index in [0.717, 1.165) is 0 Å². The summed E-state index contributed by atoms with van der Waals surface area (Å²) in [5, 5.41) is 12.6. The highest BCUT2D eigenvalue weighted by Gasteiger charge is 2.35. The number of quaternary nitrogens is 1. The number of hydroxylamine groups is 2. The summed E-state index contributed by atoms with van der Waals surface area (Å²) in [5.74, 6) is 0. The van der Waals surface area contributed by atoms with Gasteiger partial charge in [-0.25, -0.2) is 0 Å². The van der Waals surface area contributed by atoms with Crippen molar-refractivity contribution in [3.05, 3.63) is 5.21 Å². The quantitative estimate of drug-likeness (QED) is 0.218. The van der Waals surface area contributed by atoms with Crippen molar-refractivity contribution in [2.24, 2.45) is 0 Å². The van der Waals surface area contributed by atoms with Crippen LogP contribution in [0.5, 0.6) is 0 Å². The molecule has 0 aromatic rings. The van der Waals surface area contributed by atoms with E-state index < -0.39 is 0 Å². The van der Waals surface area contributed by atoms with Crippen LogP contribution in [0.1, 0.15) is 142 Å². The SMILES string of the molecule is CCCCCCCCCCCCCCCCCC1([NH+](C)[O-])CCCCC1. The summed E-state index contributed by atoms with van der Waals surface area (Å²) in [6.07, 6.45) is 28.6. The molecule has 1 unspecified atom stereocenters. The average Bonchev–Trinajstić information content (AvgIpc) is 2.65. The minimum atomic E-state index is 0.0782. The first-order valence-electron chi connectivity index (χ1n) is 12.2. The summed E-state index contributed by atoms with van der Waals surface area (Å²) in [4.78, 5) is 0. The van der Waals surface area contributed by atoms with Crippen LogP contribution in [0, 0.1) is 5.21 Å². The summed E-state index contributed by atoms with van der Waals surface area (Å²) >= 11 is 0. The van der Waals surface area contributed by atoms with E-state index in [2.05, 4.69) is 6.92 Å². The van der Waals surface area contributed by atoms with Gasteiger partial charge in [-0.2, -0.15) is 0 Å². The number of nitrogens with one attached hydrogen (secondary N) is 1. The molecule has 1 rings (SSSR count). The van der Waals surface area contributed by atoms with E-state index in [4.69, 9.17) is 0 Å². The van der Waals surface area contributed by atoms with Crippen molar-refractivity contribution in [1.82, 2.24) is 0 Å². The molecule has 1 fully saturated rings. The third-order valence-electron chi connectivity index (χ3n) is 6.82. The molecule has 26 heavy (non-hydrogen) atoms. The monoisotopic (exact) mass is 367 g/mol. The Morgan fingerprint density at radius 3 is 1.38 bits per heavy atom. The zero-order valence-electron chi connectivity index (χ0n) is 18.3. The number of hydrogen-bond acceptors (Lipinski definition) is 1. The molecule has 0 aliphatic heterocycles. The highest BCUT2D eigenvalue weighted by Crippen LogP contribution is 2.30. The van der Waals surface area contributed by atoms with E-state index in [0.29, 0.717) is 5.06 Å². The highest BCUT2D eigenvalue weighted by molar-refractivity contribution is 4.82. The van der Waals surface area contributed by atoms with E-state index in [1.54, 1.807) is 0 Å². The molecule has 0 saturated heterocycles. The van der Waals surface area contributed by atoms with Crippen molar-refractivity contribution in [2.45, 2.75) is 147 Å². The van der Waals surface area contributed by atoms with Gasteiger partial charge >= 0.3 is 0 Å². The van der Waals surface area contributed by atoms with Crippen LogP contribution >= 0.6 is 0 Å². The fraction of sp³-hybridized carbons (Fsp3) is 1.00. The summed E-state index contributed by atoms with van der Waals surface area (Å²) in [6, 6.07) is 0. The van der Waals surface area contributed by atoms with Crippen LogP contribution in [0.15, 0.2) is 0 Å². The fourth-order valence-electron chi connectivity index (χ4n) is 4.84. The van der Waals surface area contributed by atoms with Gasteiger partial charge in [-0.05, 0) is 19.3 Å². The van der Waals surface area contributed by atoms with Crippen molar-refractivity contribution in [1.29, 1.82) is 0 Å². The standard InChI is InChI=1S/C24H49NO/c1-3-4-5-6-7-8-9-10-11-12-13-14-15-16-18-21-24(25(2)26)22-19-17-20-23-24/h25H,3-23H2,1-2H3. The van der Waals surface area contributed by atoms with Crippen LogP contribution < -0.4 is 5.06 Å². The van der Waals surface area contributed by atoms with E-state index in [9.17, 15) is 5.21 Å². The molecule has 1 aliphatic rings. The second-order valence-corrected chi connectivity index (χ2v) is 9.10. The van der Waals surface area contributed by atoms with Crippen LogP contribution in [0.2, 0.25) is 0 Å². The van der Waals surface area contributed by atoms with Gasteiger partial charge in [0.25, 0.3) is 0 Å². The van der Waals surface area contributed by atoms with E-state index in [1.165, 1.54) is 135 Å². The van der Waals surface area contributed by atoms with E-state index in [-0.39, 0.29) is 5.54 Å². The topological polar surface area (TPSA) is 27.5 Å². The molecule has 0 bridgehead atoms. The Morgan fingerprint density at radius 2 is 1.00 bits per heavy atom. The van der Waals surface area contributed by atoms with E-state index >= 15 is 0 Å². The first kappa shape index (κ1) is 24.0. The maximum atomic E-state index is 12.1. The smallest absolute Gasteiger partial charge is 0.0971 e. The Labute approximate surface area is 165 Å². The molecule has 1 N–H and O–H groups in total. The summed E-state index contributed by atoms with van der Waals surface area (Å²) in [6.45, 7) is 2.29. The van der Waals surface area contributed by atoms with E-state index in [1.807, 2.05) is 7.05 Å². The molecule has 0 heterocycles. The average molecular weight is 368 g/mol. The van der Waals surface area contributed by atoms with Gasteiger partial charge in [0.1, 0.15) is 0 Å². The highest BCUT2D eigenvalue weighted by atomic mass is 16.5. The molecule has 0 amide bonds. The van der Waals surface area contributed by atoms with Crippen molar-refractivity contribution >= 4 is 0 Å². The molecular weight excluding hydrogens is 318 g/mol. The molecule has 2 heteroatoms. The maximum absolute atomic E-state index is 12.1. The molecule has 0 radical (unpaired) electrons.